The van der Waals surface area contributed by atoms with Crippen LogP contribution in [0, 0.1) is 0 Å². The van der Waals surface area contributed by atoms with Crippen LogP contribution in [-0.4, -0.2) is 32.3 Å². The lowest BCUT2D eigenvalue weighted by Crippen LogP contribution is -2.36. The van der Waals surface area contributed by atoms with Gasteiger partial charge < -0.3 is 20.1 Å². The molecule has 1 amide bonds. The van der Waals surface area contributed by atoms with Gasteiger partial charge in [0.25, 0.3) is 5.91 Å². The Balaban J connectivity index is 1.57. The van der Waals surface area contributed by atoms with Crippen LogP contribution in [0.25, 0.3) is 0 Å². The van der Waals surface area contributed by atoms with E-state index in [1.165, 1.54) is 0 Å². The Labute approximate surface area is 148 Å². The molecular formula is C20H24N2O3. The number of rotatable bonds is 6. The summed E-state index contributed by atoms with van der Waals surface area (Å²) in [5.41, 5.74) is 2.53. The summed E-state index contributed by atoms with van der Waals surface area (Å²) in [6.45, 7) is 2.40. The molecule has 5 heteroatoms. The second-order valence-electron chi connectivity index (χ2n) is 6.18. The summed E-state index contributed by atoms with van der Waals surface area (Å²) in [7, 11) is 1.61. The summed E-state index contributed by atoms with van der Waals surface area (Å²) in [5.74, 6) is 0.602. The summed E-state index contributed by atoms with van der Waals surface area (Å²) in [6, 6.07) is 15.4. The number of carbonyl (C=O) groups excluding carboxylic acids is 1. The number of amides is 1. The Morgan fingerprint density at radius 1 is 1.24 bits per heavy atom. The van der Waals surface area contributed by atoms with Gasteiger partial charge in [0.1, 0.15) is 5.75 Å². The fourth-order valence-corrected chi connectivity index (χ4v) is 2.87. The fourth-order valence-electron chi connectivity index (χ4n) is 2.87. The topological polar surface area (TPSA) is 59.6 Å². The first-order valence-electron chi connectivity index (χ1n) is 8.60. The molecule has 2 N–H and O–H groups in total. The highest BCUT2D eigenvalue weighted by Crippen LogP contribution is 2.15. The zero-order valence-corrected chi connectivity index (χ0v) is 14.5. The second-order valence-corrected chi connectivity index (χ2v) is 6.18. The lowest BCUT2D eigenvalue weighted by Gasteiger charge is -2.23. The molecule has 0 spiro atoms. The largest absolute Gasteiger partial charge is 0.497 e. The van der Waals surface area contributed by atoms with Crippen LogP contribution in [0.5, 0.6) is 5.75 Å². The van der Waals surface area contributed by atoms with Crippen molar-refractivity contribution in [2.24, 2.45) is 0 Å². The van der Waals surface area contributed by atoms with Crippen molar-refractivity contribution in [2.75, 3.05) is 25.6 Å². The molecule has 1 atom stereocenters. The third kappa shape index (κ3) is 5.05. The Kier molecular flexibility index (Phi) is 6.04. The molecule has 25 heavy (non-hydrogen) atoms. The van der Waals surface area contributed by atoms with Crippen LogP contribution in [0.2, 0.25) is 0 Å². The molecule has 5 nitrogen and oxygen atoms in total. The molecule has 1 aliphatic heterocycles. The Bertz CT molecular complexity index is 694. The van der Waals surface area contributed by atoms with Crippen molar-refractivity contribution in [1.29, 1.82) is 0 Å². The summed E-state index contributed by atoms with van der Waals surface area (Å²) in [6.07, 6.45) is 2.25. The smallest absolute Gasteiger partial charge is 0.255 e. The number of anilines is 1. The van der Waals surface area contributed by atoms with E-state index in [9.17, 15) is 4.79 Å². The average molecular weight is 340 g/mol. The van der Waals surface area contributed by atoms with Gasteiger partial charge in [0.2, 0.25) is 0 Å². The van der Waals surface area contributed by atoms with Crippen LogP contribution >= 0.6 is 0 Å². The lowest BCUT2D eigenvalue weighted by atomic mass is 10.1. The van der Waals surface area contributed by atoms with Gasteiger partial charge in [-0.15, -0.1) is 0 Å². The van der Waals surface area contributed by atoms with E-state index in [1.807, 2.05) is 18.2 Å². The lowest BCUT2D eigenvalue weighted by molar-refractivity contribution is 0.0699. The van der Waals surface area contributed by atoms with E-state index in [0.29, 0.717) is 11.6 Å². The van der Waals surface area contributed by atoms with Crippen LogP contribution in [-0.2, 0) is 11.3 Å². The predicted molar refractivity (Wildman–Crippen MR) is 98.1 cm³/mol. The normalized spacial score (nSPS) is 17.1. The molecule has 3 rings (SSSR count). The number of benzene rings is 2. The van der Waals surface area contributed by atoms with E-state index in [0.717, 1.165) is 49.6 Å². The third-order valence-electron chi connectivity index (χ3n) is 4.29. The molecule has 1 saturated heterocycles. The summed E-state index contributed by atoms with van der Waals surface area (Å²) < 4.78 is 10.6. The van der Waals surface area contributed by atoms with Gasteiger partial charge in [0.05, 0.1) is 13.7 Å². The molecule has 1 unspecified atom stereocenters. The monoisotopic (exact) mass is 340 g/mol. The van der Waals surface area contributed by atoms with Crippen LogP contribution in [0.15, 0.2) is 48.5 Å². The minimum Gasteiger partial charge on any atom is -0.497 e. The van der Waals surface area contributed by atoms with E-state index in [1.54, 1.807) is 31.4 Å². The van der Waals surface area contributed by atoms with Crippen LogP contribution < -0.4 is 15.4 Å². The molecule has 1 fully saturated rings. The van der Waals surface area contributed by atoms with Gasteiger partial charge in [-0.3, -0.25) is 4.79 Å². The molecule has 0 radical (unpaired) electrons. The minimum absolute atomic E-state index is 0.131. The number of methoxy groups -OCH3 is 1. The summed E-state index contributed by atoms with van der Waals surface area (Å²) in [4.78, 5) is 12.3. The molecule has 1 aliphatic rings. The van der Waals surface area contributed by atoms with Gasteiger partial charge in [-0.2, -0.15) is 0 Å². The minimum atomic E-state index is -0.131. The van der Waals surface area contributed by atoms with Gasteiger partial charge in [-0.25, -0.2) is 0 Å². The Morgan fingerprint density at radius 2 is 2.08 bits per heavy atom. The van der Waals surface area contributed by atoms with Crippen molar-refractivity contribution in [2.45, 2.75) is 25.4 Å². The van der Waals surface area contributed by atoms with Gasteiger partial charge in [-0.1, -0.05) is 12.1 Å². The highest BCUT2D eigenvalue weighted by molar-refractivity contribution is 6.04. The van der Waals surface area contributed by atoms with Crippen LogP contribution in [0.3, 0.4) is 0 Å². The standard InChI is InChI=1S/C20H24N2O3/c1-24-19-9-7-16(8-10-19)20(23)22-17-5-2-4-15(12-17)13-21-18-6-3-11-25-14-18/h2,4-5,7-10,12,18,21H,3,6,11,13-14H2,1H3,(H,22,23). The molecule has 0 saturated carbocycles. The Hall–Kier alpha value is -2.37. The molecule has 2 aromatic rings. The highest BCUT2D eigenvalue weighted by atomic mass is 16.5. The van der Waals surface area contributed by atoms with Crippen LogP contribution in [0.1, 0.15) is 28.8 Å². The number of nitrogens with one attached hydrogen (secondary N) is 2. The molecule has 132 valence electrons. The van der Waals surface area contributed by atoms with Crippen molar-refractivity contribution < 1.29 is 14.3 Å². The SMILES string of the molecule is COc1ccc(C(=O)Nc2cccc(CNC3CCCOC3)c2)cc1. The molecule has 0 bridgehead atoms. The zero-order valence-electron chi connectivity index (χ0n) is 14.5. The summed E-state index contributed by atoms with van der Waals surface area (Å²) >= 11 is 0. The van der Waals surface area contributed by atoms with Crippen molar-refractivity contribution in [1.82, 2.24) is 5.32 Å². The van der Waals surface area contributed by atoms with E-state index in [4.69, 9.17) is 9.47 Å². The molecule has 2 aromatic carbocycles. The highest BCUT2D eigenvalue weighted by Gasteiger charge is 2.13. The van der Waals surface area contributed by atoms with Crippen molar-refractivity contribution in [3.63, 3.8) is 0 Å². The predicted octanol–water partition coefficient (Wildman–Crippen LogP) is 3.22. The van der Waals surface area contributed by atoms with Crippen molar-refractivity contribution in [3.05, 3.63) is 59.7 Å². The van der Waals surface area contributed by atoms with Crippen LogP contribution in [0.4, 0.5) is 5.69 Å². The number of carbonyl (C=O) groups is 1. The van der Waals surface area contributed by atoms with Gasteiger partial charge >= 0.3 is 0 Å². The summed E-state index contributed by atoms with van der Waals surface area (Å²) in [5, 5.41) is 6.45. The van der Waals surface area contributed by atoms with Gasteiger partial charge in [0, 0.05) is 30.4 Å². The third-order valence-corrected chi connectivity index (χ3v) is 4.29. The van der Waals surface area contributed by atoms with E-state index in [-0.39, 0.29) is 5.91 Å². The quantitative estimate of drug-likeness (QED) is 0.848. The first kappa shape index (κ1) is 17.5. The first-order chi connectivity index (χ1) is 12.2. The average Bonchev–Trinajstić information content (AvgIpc) is 2.67. The molecular weight excluding hydrogens is 316 g/mol. The number of ether oxygens (including phenoxy) is 2. The fraction of sp³-hybridized carbons (Fsp3) is 0.350. The molecule has 0 aromatic heterocycles. The van der Waals surface area contributed by atoms with E-state index >= 15 is 0 Å². The van der Waals surface area contributed by atoms with Gasteiger partial charge in [0.15, 0.2) is 0 Å². The molecule has 1 heterocycles. The van der Waals surface area contributed by atoms with Crippen molar-refractivity contribution >= 4 is 11.6 Å². The van der Waals surface area contributed by atoms with Gasteiger partial charge in [-0.05, 0) is 54.8 Å². The maximum absolute atomic E-state index is 12.3. The number of hydrogen-bond donors (Lipinski definition) is 2. The van der Waals surface area contributed by atoms with Crippen molar-refractivity contribution in [3.8, 4) is 5.75 Å². The van der Waals surface area contributed by atoms with E-state index < -0.39 is 0 Å². The van der Waals surface area contributed by atoms with E-state index in [2.05, 4.69) is 16.7 Å². The molecule has 0 aliphatic carbocycles. The maximum Gasteiger partial charge on any atom is 0.255 e. The zero-order chi connectivity index (χ0) is 17.5. The second kappa shape index (κ2) is 8.65. The first-order valence-corrected chi connectivity index (χ1v) is 8.60. The number of hydrogen-bond acceptors (Lipinski definition) is 4. The maximum atomic E-state index is 12.3. The Morgan fingerprint density at radius 3 is 2.80 bits per heavy atom.